The van der Waals surface area contributed by atoms with Gasteiger partial charge >= 0.3 is 0 Å². The predicted octanol–water partition coefficient (Wildman–Crippen LogP) is 3.17. The lowest BCUT2D eigenvalue weighted by atomic mass is 10.2. The Labute approximate surface area is 167 Å². The number of anilines is 1. The first-order valence-electron chi connectivity index (χ1n) is 7.96. The van der Waals surface area contributed by atoms with Crippen LogP contribution in [-0.4, -0.2) is 39.2 Å². The lowest BCUT2D eigenvalue weighted by Crippen LogP contribution is -2.28. The molecule has 0 aromatic heterocycles. The molecule has 0 fully saturated rings. The van der Waals surface area contributed by atoms with Gasteiger partial charge in [0.1, 0.15) is 11.5 Å². The first-order valence-corrected chi connectivity index (χ1v) is 8.72. The Morgan fingerprint density at radius 2 is 1.89 bits per heavy atom. The number of nitrogens with one attached hydrogen (secondary N) is 2. The highest BCUT2D eigenvalue weighted by molar-refractivity contribution is 6.42. The maximum atomic E-state index is 12.1. The average Bonchev–Trinajstić information content (AvgIpc) is 2.67. The van der Waals surface area contributed by atoms with Crippen molar-refractivity contribution in [1.29, 1.82) is 0 Å². The second kappa shape index (κ2) is 9.89. The molecular weight excluding hydrogens is 391 g/mol. The van der Waals surface area contributed by atoms with Crippen molar-refractivity contribution in [1.82, 2.24) is 5.32 Å². The van der Waals surface area contributed by atoms with E-state index >= 15 is 0 Å². The number of guanidine groups is 1. The fraction of sp³-hybridized carbons (Fsp3) is 0.222. The van der Waals surface area contributed by atoms with Gasteiger partial charge in [0, 0.05) is 18.2 Å². The number of hydrogen-bond donors (Lipinski definition) is 3. The van der Waals surface area contributed by atoms with Crippen molar-refractivity contribution in [3.05, 3.63) is 52.0 Å². The molecule has 2 rings (SSSR count). The van der Waals surface area contributed by atoms with Gasteiger partial charge in [0.05, 0.1) is 36.5 Å². The van der Waals surface area contributed by atoms with Crippen LogP contribution in [0.15, 0.2) is 41.4 Å². The highest BCUT2D eigenvalue weighted by atomic mass is 35.5. The molecule has 144 valence electrons. The molecule has 0 aliphatic heterocycles. The molecule has 0 aliphatic rings. The minimum atomic E-state index is -0.273. The Hall–Kier alpha value is -2.64. The molecule has 1 amide bonds. The number of halogens is 2. The minimum Gasteiger partial charge on any atom is -0.497 e. The van der Waals surface area contributed by atoms with Crippen molar-refractivity contribution in [2.45, 2.75) is 0 Å². The van der Waals surface area contributed by atoms with Crippen LogP contribution >= 0.6 is 23.2 Å². The first-order chi connectivity index (χ1) is 12.9. The molecule has 0 spiro atoms. The van der Waals surface area contributed by atoms with E-state index < -0.39 is 0 Å². The van der Waals surface area contributed by atoms with Crippen LogP contribution in [0.2, 0.25) is 10.0 Å². The molecule has 2 aromatic rings. The molecule has 0 unspecified atom stereocenters. The standard InChI is InChI=1S/C18H20Cl2N4O3/c1-26-12-4-6-16(27-2)15(10-12)24-18(21)23-8-7-22-17(25)11-3-5-13(19)14(20)9-11/h3-6,9-10H,7-8H2,1-2H3,(H,22,25)(H3,21,23,24). The monoisotopic (exact) mass is 410 g/mol. The number of carbonyl (C=O) groups is 1. The van der Waals surface area contributed by atoms with Gasteiger partial charge in [-0.25, -0.2) is 0 Å². The highest BCUT2D eigenvalue weighted by Gasteiger charge is 2.08. The van der Waals surface area contributed by atoms with Gasteiger partial charge in [0.25, 0.3) is 5.91 Å². The van der Waals surface area contributed by atoms with E-state index in [-0.39, 0.29) is 18.4 Å². The summed E-state index contributed by atoms with van der Waals surface area (Å²) in [4.78, 5) is 16.2. The number of hydrogen-bond acceptors (Lipinski definition) is 4. The van der Waals surface area contributed by atoms with Crippen LogP contribution in [0.5, 0.6) is 11.5 Å². The van der Waals surface area contributed by atoms with Gasteiger partial charge in [-0.05, 0) is 30.3 Å². The lowest BCUT2D eigenvalue weighted by Gasteiger charge is -2.12. The summed E-state index contributed by atoms with van der Waals surface area (Å²) in [5, 5.41) is 6.39. The zero-order chi connectivity index (χ0) is 19.8. The fourth-order valence-electron chi connectivity index (χ4n) is 2.17. The van der Waals surface area contributed by atoms with Crippen LogP contribution < -0.4 is 25.8 Å². The summed E-state index contributed by atoms with van der Waals surface area (Å²) in [5.74, 6) is 1.16. The van der Waals surface area contributed by atoms with E-state index in [1.807, 2.05) is 0 Å². The number of nitrogens with zero attached hydrogens (tertiary/aromatic N) is 1. The number of nitrogens with two attached hydrogens (primary N) is 1. The second-order valence-corrected chi connectivity index (χ2v) is 6.16. The molecule has 4 N–H and O–H groups in total. The van der Waals surface area contributed by atoms with Crippen LogP contribution in [0.3, 0.4) is 0 Å². The Morgan fingerprint density at radius 3 is 2.56 bits per heavy atom. The predicted molar refractivity (Wildman–Crippen MR) is 108 cm³/mol. The van der Waals surface area contributed by atoms with Gasteiger partial charge in [-0.15, -0.1) is 0 Å². The van der Waals surface area contributed by atoms with Gasteiger partial charge in [0.2, 0.25) is 0 Å². The molecule has 0 radical (unpaired) electrons. The Balaban J connectivity index is 1.89. The van der Waals surface area contributed by atoms with E-state index in [0.717, 1.165) is 0 Å². The molecule has 27 heavy (non-hydrogen) atoms. The van der Waals surface area contributed by atoms with Gasteiger partial charge < -0.3 is 25.8 Å². The van der Waals surface area contributed by atoms with Crippen molar-refractivity contribution < 1.29 is 14.3 Å². The topological polar surface area (TPSA) is 98.0 Å². The van der Waals surface area contributed by atoms with Crippen molar-refractivity contribution in [2.75, 3.05) is 32.6 Å². The zero-order valence-electron chi connectivity index (χ0n) is 14.9. The Bertz CT molecular complexity index is 843. The third-order valence-electron chi connectivity index (χ3n) is 3.53. The smallest absolute Gasteiger partial charge is 0.251 e. The normalized spacial score (nSPS) is 11.0. The number of aliphatic imine (C=N–C) groups is 1. The summed E-state index contributed by atoms with van der Waals surface area (Å²) < 4.78 is 10.4. The molecule has 0 atom stereocenters. The number of rotatable bonds is 7. The van der Waals surface area contributed by atoms with Gasteiger partial charge in [-0.1, -0.05) is 23.2 Å². The van der Waals surface area contributed by atoms with E-state index in [2.05, 4.69) is 15.6 Å². The molecule has 0 aliphatic carbocycles. The SMILES string of the molecule is COc1ccc(OC)c(NC(N)=NCCNC(=O)c2ccc(Cl)c(Cl)c2)c1. The average molecular weight is 411 g/mol. The summed E-state index contributed by atoms with van der Waals surface area (Å²) >= 11 is 11.7. The van der Waals surface area contributed by atoms with E-state index in [9.17, 15) is 4.79 Å². The largest absolute Gasteiger partial charge is 0.497 e. The molecule has 0 heterocycles. The summed E-state index contributed by atoms with van der Waals surface area (Å²) in [5.41, 5.74) is 6.92. The van der Waals surface area contributed by atoms with E-state index in [1.165, 1.54) is 6.07 Å². The van der Waals surface area contributed by atoms with Crippen LogP contribution in [0.1, 0.15) is 10.4 Å². The van der Waals surface area contributed by atoms with Crippen molar-refractivity contribution >= 4 is 40.8 Å². The molecular formula is C18H20Cl2N4O3. The van der Waals surface area contributed by atoms with Crippen LogP contribution in [-0.2, 0) is 0 Å². The number of carbonyl (C=O) groups excluding carboxylic acids is 1. The molecule has 0 saturated carbocycles. The zero-order valence-corrected chi connectivity index (χ0v) is 16.4. The number of methoxy groups -OCH3 is 2. The van der Waals surface area contributed by atoms with Crippen molar-refractivity contribution in [2.24, 2.45) is 10.7 Å². The van der Waals surface area contributed by atoms with Gasteiger partial charge in [0.15, 0.2) is 5.96 Å². The Morgan fingerprint density at radius 1 is 1.11 bits per heavy atom. The quantitative estimate of drug-likeness (QED) is 0.369. The van der Waals surface area contributed by atoms with Gasteiger partial charge in [-0.2, -0.15) is 0 Å². The third kappa shape index (κ3) is 5.94. The number of benzene rings is 2. The van der Waals surface area contributed by atoms with Crippen LogP contribution in [0.25, 0.3) is 0 Å². The van der Waals surface area contributed by atoms with E-state index in [0.29, 0.717) is 39.3 Å². The maximum absolute atomic E-state index is 12.1. The van der Waals surface area contributed by atoms with Crippen molar-refractivity contribution in [3.63, 3.8) is 0 Å². The van der Waals surface area contributed by atoms with E-state index in [1.54, 1.807) is 44.6 Å². The van der Waals surface area contributed by atoms with Crippen LogP contribution in [0, 0.1) is 0 Å². The maximum Gasteiger partial charge on any atom is 0.251 e. The molecule has 2 aromatic carbocycles. The van der Waals surface area contributed by atoms with Gasteiger partial charge in [-0.3, -0.25) is 9.79 Å². The summed E-state index contributed by atoms with van der Waals surface area (Å²) in [6.07, 6.45) is 0. The number of ether oxygens (including phenoxy) is 2. The highest BCUT2D eigenvalue weighted by Crippen LogP contribution is 2.28. The van der Waals surface area contributed by atoms with Crippen LogP contribution in [0.4, 0.5) is 5.69 Å². The second-order valence-electron chi connectivity index (χ2n) is 5.34. The Kier molecular flexibility index (Phi) is 7.57. The minimum absolute atomic E-state index is 0.185. The van der Waals surface area contributed by atoms with Crippen molar-refractivity contribution in [3.8, 4) is 11.5 Å². The number of amides is 1. The molecule has 7 nitrogen and oxygen atoms in total. The summed E-state index contributed by atoms with van der Waals surface area (Å²) in [6.45, 7) is 0.592. The lowest BCUT2D eigenvalue weighted by molar-refractivity contribution is 0.0955. The third-order valence-corrected chi connectivity index (χ3v) is 4.27. The molecule has 0 bridgehead atoms. The summed E-state index contributed by atoms with van der Waals surface area (Å²) in [7, 11) is 3.12. The first kappa shape index (κ1) is 20.7. The molecule has 0 saturated heterocycles. The van der Waals surface area contributed by atoms with E-state index in [4.69, 9.17) is 38.4 Å². The molecule has 9 heteroatoms. The fourth-order valence-corrected chi connectivity index (χ4v) is 2.47. The summed E-state index contributed by atoms with van der Waals surface area (Å²) in [6, 6.07) is 9.95.